The zero-order valence-electron chi connectivity index (χ0n) is 16.1. The first-order valence-corrected chi connectivity index (χ1v) is 9.87. The Hall–Kier alpha value is -0.650. The first-order chi connectivity index (χ1) is 11.6. The van der Waals surface area contributed by atoms with Crippen LogP contribution in [0.3, 0.4) is 0 Å². The number of carbonyl (C=O) groups is 1. The lowest BCUT2D eigenvalue weighted by Crippen LogP contribution is -2.39. The molecule has 1 aliphatic heterocycles. The molecule has 5 heteroatoms. The zero-order chi connectivity index (χ0) is 17.6. The van der Waals surface area contributed by atoms with E-state index >= 15 is 0 Å². The van der Waals surface area contributed by atoms with E-state index in [-0.39, 0.29) is 5.91 Å². The lowest BCUT2D eigenvalue weighted by molar-refractivity contribution is -0.120. The number of amides is 1. The maximum atomic E-state index is 11.5. The summed E-state index contributed by atoms with van der Waals surface area (Å²) in [5.74, 6) is 0.111. The number of rotatable bonds is 13. The van der Waals surface area contributed by atoms with E-state index in [4.69, 9.17) is 4.74 Å². The van der Waals surface area contributed by atoms with Gasteiger partial charge in [0.1, 0.15) is 0 Å². The molecule has 1 fully saturated rings. The summed E-state index contributed by atoms with van der Waals surface area (Å²) in [6, 6.07) is 0.362. The fraction of sp³-hybridized carbons (Fsp3) is 0.947. The van der Waals surface area contributed by atoms with Crippen molar-refractivity contribution in [2.24, 2.45) is 0 Å². The summed E-state index contributed by atoms with van der Waals surface area (Å²) in [6.45, 7) is 8.91. The van der Waals surface area contributed by atoms with Crippen LogP contribution >= 0.6 is 0 Å². The van der Waals surface area contributed by atoms with Gasteiger partial charge < -0.3 is 20.3 Å². The molecule has 1 amide bonds. The molecule has 0 saturated carbocycles. The summed E-state index contributed by atoms with van der Waals surface area (Å²) in [4.78, 5) is 14.1. The number of unbranched alkanes of at least 4 members (excludes halogenated alkanes) is 5. The maximum absolute atomic E-state index is 11.5. The van der Waals surface area contributed by atoms with E-state index in [9.17, 15) is 4.79 Å². The third-order valence-corrected chi connectivity index (χ3v) is 4.69. The van der Waals surface area contributed by atoms with Gasteiger partial charge in [0.25, 0.3) is 0 Å². The molecule has 5 nitrogen and oxygen atoms in total. The molecular formula is C19H39N3O2. The number of carbonyl (C=O) groups excluding carboxylic acids is 1. The molecule has 0 radical (unpaired) electrons. The van der Waals surface area contributed by atoms with E-state index in [1.54, 1.807) is 0 Å². The minimum absolute atomic E-state index is 0.111. The average molecular weight is 342 g/mol. The Morgan fingerprint density at radius 3 is 2.58 bits per heavy atom. The van der Waals surface area contributed by atoms with Crippen molar-refractivity contribution >= 4 is 5.91 Å². The van der Waals surface area contributed by atoms with E-state index in [1.165, 1.54) is 58.0 Å². The second-order valence-electron chi connectivity index (χ2n) is 7.31. The van der Waals surface area contributed by atoms with E-state index in [1.807, 2.05) is 7.11 Å². The SMILES string of the molecule is COC1CCCN(CCCCCCCCNC(=O)CNC(C)C)C1. The van der Waals surface area contributed by atoms with Crippen LogP contribution < -0.4 is 10.6 Å². The van der Waals surface area contributed by atoms with Crippen LogP contribution in [0.25, 0.3) is 0 Å². The number of nitrogens with one attached hydrogen (secondary N) is 2. The minimum Gasteiger partial charge on any atom is -0.380 e. The van der Waals surface area contributed by atoms with Gasteiger partial charge in [-0.05, 0) is 38.8 Å². The van der Waals surface area contributed by atoms with Crippen molar-refractivity contribution in [3.05, 3.63) is 0 Å². The van der Waals surface area contributed by atoms with Gasteiger partial charge in [-0.25, -0.2) is 0 Å². The Balaban J connectivity index is 1.84. The largest absolute Gasteiger partial charge is 0.380 e. The Labute approximate surface area is 148 Å². The average Bonchev–Trinajstić information content (AvgIpc) is 2.58. The highest BCUT2D eigenvalue weighted by Crippen LogP contribution is 2.14. The van der Waals surface area contributed by atoms with Gasteiger partial charge >= 0.3 is 0 Å². The molecule has 1 atom stereocenters. The monoisotopic (exact) mass is 341 g/mol. The van der Waals surface area contributed by atoms with Crippen LogP contribution in [0.1, 0.15) is 65.2 Å². The van der Waals surface area contributed by atoms with E-state index < -0.39 is 0 Å². The lowest BCUT2D eigenvalue weighted by atomic mass is 10.1. The Bertz CT molecular complexity index is 324. The van der Waals surface area contributed by atoms with Gasteiger partial charge in [0.05, 0.1) is 12.6 Å². The van der Waals surface area contributed by atoms with Gasteiger partial charge in [-0.2, -0.15) is 0 Å². The van der Waals surface area contributed by atoms with Crippen molar-refractivity contribution in [1.82, 2.24) is 15.5 Å². The molecule has 0 spiro atoms. The molecule has 1 aliphatic rings. The number of hydrogen-bond donors (Lipinski definition) is 2. The molecule has 0 bridgehead atoms. The van der Waals surface area contributed by atoms with Crippen LogP contribution in [0.5, 0.6) is 0 Å². The zero-order valence-corrected chi connectivity index (χ0v) is 16.1. The summed E-state index contributed by atoms with van der Waals surface area (Å²) in [5.41, 5.74) is 0. The number of nitrogens with zero attached hydrogens (tertiary/aromatic N) is 1. The Morgan fingerprint density at radius 1 is 1.17 bits per heavy atom. The van der Waals surface area contributed by atoms with Crippen molar-refractivity contribution in [1.29, 1.82) is 0 Å². The van der Waals surface area contributed by atoms with Crippen LogP contribution in [0, 0.1) is 0 Å². The third kappa shape index (κ3) is 11.0. The van der Waals surface area contributed by atoms with E-state index in [2.05, 4.69) is 29.4 Å². The summed E-state index contributed by atoms with van der Waals surface area (Å²) >= 11 is 0. The highest BCUT2D eigenvalue weighted by molar-refractivity contribution is 5.77. The molecule has 2 N–H and O–H groups in total. The Kier molecular flexibility index (Phi) is 12.1. The lowest BCUT2D eigenvalue weighted by Gasteiger charge is -2.31. The second-order valence-corrected chi connectivity index (χ2v) is 7.31. The van der Waals surface area contributed by atoms with Crippen LogP contribution in [0.2, 0.25) is 0 Å². The Morgan fingerprint density at radius 2 is 1.88 bits per heavy atom. The van der Waals surface area contributed by atoms with Crippen molar-refractivity contribution in [3.63, 3.8) is 0 Å². The van der Waals surface area contributed by atoms with Crippen LogP contribution in [-0.4, -0.2) is 62.8 Å². The normalized spacial score (nSPS) is 18.9. The quantitative estimate of drug-likeness (QED) is 0.506. The fourth-order valence-electron chi connectivity index (χ4n) is 3.16. The molecule has 142 valence electrons. The summed E-state index contributed by atoms with van der Waals surface area (Å²) < 4.78 is 5.47. The molecule has 0 aliphatic carbocycles. The third-order valence-electron chi connectivity index (χ3n) is 4.69. The summed E-state index contributed by atoms with van der Waals surface area (Å²) in [6.07, 6.45) is 10.5. The number of hydrogen-bond acceptors (Lipinski definition) is 4. The molecule has 1 rings (SSSR count). The van der Waals surface area contributed by atoms with Gasteiger partial charge in [0.15, 0.2) is 0 Å². The molecule has 0 aromatic heterocycles. The smallest absolute Gasteiger partial charge is 0.233 e. The highest BCUT2D eigenvalue weighted by Gasteiger charge is 2.18. The van der Waals surface area contributed by atoms with Crippen molar-refractivity contribution in [2.45, 2.75) is 77.4 Å². The van der Waals surface area contributed by atoms with Crippen LogP contribution in [-0.2, 0) is 9.53 Å². The van der Waals surface area contributed by atoms with Gasteiger partial charge in [0.2, 0.25) is 5.91 Å². The molecule has 0 aromatic rings. The number of ether oxygens (including phenoxy) is 1. The molecule has 1 heterocycles. The molecule has 1 unspecified atom stereocenters. The fourth-order valence-corrected chi connectivity index (χ4v) is 3.16. The predicted molar refractivity (Wildman–Crippen MR) is 100 cm³/mol. The first-order valence-electron chi connectivity index (χ1n) is 9.87. The van der Waals surface area contributed by atoms with Gasteiger partial charge in [0, 0.05) is 26.2 Å². The standard InChI is InChI=1S/C19H39N3O2/c1-17(2)21-15-19(23)20-12-8-6-4-5-7-9-13-22-14-10-11-18(16-22)24-3/h17-18,21H,4-16H2,1-3H3,(H,20,23). The van der Waals surface area contributed by atoms with E-state index in [0.29, 0.717) is 18.7 Å². The highest BCUT2D eigenvalue weighted by atomic mass is 16.5. The van der Waals surface area contributed by atoms with E-state index in [0.717, 1.165) is 19.5 Å². The maximum Gasteiger partial charge on any atom is 0.233 e. The minimum atomic E-state index is 0.111. The number of piperidine rings is 1. The molecule has 0 aromatic carbocycles. The molecule has 1 saturated heterocycles. The predicted octanol–water partition coefficient (Wildman–Crippen LogP) is 2.55. The van der Waals surface area contributed by atoms with Gasteiger partial charge in [-0.15, -0.1) is 0 Å². The second kappa shape index (κ2) is 13.6. The molecule has 24 heavy (non-hydrogen) atoms. The molecular weight excluding hydrogens is 302 g/mol. The topological polar surface area (TPSA) is 53.6 Å². The van der Waals surface area contributed by atoms with Crippen LogP contribution in [0.15, 0.2) is 0 Å². The van der Waals surface area contributed by atoms with Gasteiger partial charge in [-0.1, -0.05) is 39.5 Å². The van der Waals surface area contributed by atoms with Gasteiger partial charge in [-0.3, -0.25) is 4.79 Å². The van der Waals surface area contributed by atoms with Crippen molar-refractivity contribution < 1.29 is 9.53 Å². The number of methoxy groups -OCH3 is 1. The van der Waals surface area contributed by atoms with Crippen LogP contribution in [0.4, 0.5) is 0 Å². The van der Waals surface area contributed by atoms with Crippen molar-refractivity contribution in [3.8, 4) is 0 Å². The first kappa shape index (κ1) is 21.4. The summed E-state index contributed by atoms with van der Waals surface area (Å²) in [7, 11) is 1.83. The number of likely N-dealkylation sites (tertiary alicyclic amines) is 1. The summed E-state index contributed by atoms with van der Waals surface area (Å²) in [5, 5.41) is 6.10. The van der Waals surface area contributed by atoms with Crippen molar-refractivity contribution in [2.75, 3.05) is 39.8 Å².